The average molecular weight is 267 g/mol. The van der Waals surface area contributed by atoms with Crippen LogP contribution in [0.15, 0.2) is 0 Å². The Hall–Kier alpha value is -0.610. The van der Waals surface area contributed by atoms with Crippen LogP contribution in [0.2, 0.25) is 0 Å². The van der Waals surface area contributed by atoms with Crippen molar-refractivity contribution in [2.45, 2.75) is 51.5 Å². The number of carbonyl (C=O) groups is 1. The first kappa shape index (κ1) is 14.8. The van der Waals surface area contributed by atoms with Crippen molar-refractivity contribution < 1.29 is 4.79 Å². The molecular formula is C15H29N3O. The molecule has 4 nitrogen and oxygen atoms in total. The van der Waals surface area contributed by atoms with Gasteiger partial charge in [-0.25, -0.2) is 0 Å². The molecule has 2 fully saturated rings. The summed E-state index contributed by atoms with van der Waals surface area (Å²) in [6.45, 7) is 6.70. The molecule has 0 bridgehead atoms. The average Bonchev–Trinajstić information content (AvgIpc) is 2.83. The van der Waals surface area contributed by atoms with Crippen LogP contribution in [0.1, 0.15) is 45.4 Å². The fourth-order valence-corrected chi connectivity index (χ4v) is 3.25. The summed E-state index contributed by atoms with van der Waals surface area (Å²) in [5.41, 5.74) is 5.94. The van der Waals surface area contributed by atoms with E-state index in [0.717, 1.165) is 44.7 Å². The number of piperidine rings is 1. The van der Waals surface area contributed by atoms with Gasteiger partial charge < -0.3 is 16.0 Å². The number of nitrogens with one attached hydrogen (secondary N) is 1. The van der Waals surface area contributed by atoms with Gasteiger partial charge >= 0.3 is 0 Å². The first-order valence-electron chi connectivity index (χ1n) is 7.92. The van der Waals surface area contributed by atoms with Crippen LogP contribution in [0, 0.1) is 11.8 Å². The number of likely N-dealkylation sites (tertiary alicyclic amines) is 1. The minimum Gasteiger partial charge on any atom is -0.356 e. The van der Waals surface area contributed by atoms with Crippen LogP contribution in [-0.2, 0) is 4.79 Å². The standard InChI is InChI=1S/C15H29N3O/c1-12-6-10-18(11-7-12)9-3-8-17-15(19)13-4-2-5-14(13)16/h12-14H,2-11,16H2,1H3,(H,17,19). The Morgan fingerprint density at radius 3 is 2.63 bits per heavy atom. The Bertz CT molecular complexity index is 287. The zero-order valence-corrected chi connectivity index (χ0v) is 12.2. The molecule has 0 aromatic rings. The minimum atomic E-state index is 0.0656. The molecule has 2 aliphatic rings. The number of nitrogens with two attached hydrogens (primary N) is 1. The molecule has 4 heteroatoms. The van der Waals surface area contributed by atoms with Gasteiger partial charge in [0.1, 0.15) is 0 Å². The largest absolute Gasteiger partial charge is 0.356 e. The number of hydrogen-bond acceptors (Lipinski definition) is 3. The third-order valence-corrected chi connectivity index (χ3v) is 4.73. The van der Waals surface area contributed by atoms with E-state index in [-0.39, 0.29) is 17.9 Å². The van der Waals surface area contributed by atoms with Gasteiger partial charge in [-0.1, -0.05) is 13.3 Å². The molecule has 2 atom stereocenters. The molecule has 1 saturated heterocycles. The topological polar surface area (TPSA) is 58.4 Å². The van der Waals surface area contributed by atoms with E-state index in [9.17, 15) is 4.79 Å². The van der Waals surface area contributed by atoms with Gasteiger partial charge in [-0.2, -0.15) is 0 Å². The summed E-state index contributed by atoms with van der Waals surface area (Å²) in [7, 11) is 0. The lowest BCUT2D eigenvalue weighted by Crippen LogP contribution is -2.40. The Kier molecular flexibility index (Phi) is 5.64. The normalized spacial score (nSPS) is 29.6. The summed E-state index contributed by atoms with van der Waals surface area (Å²) in [5.74, 6) is 1.13. The summed E-state index contributed by atoms with van der Waals surface area (Å²) < 4.78 is 0. The first-order chi connectivity index (χ1) is 9.16. The third kappa shape index (κ3) is 4.46. The van der Waals surface area contributed by atoms with Gasteiger partial charge in [0.25, 0.3) is 0 Å². The molecular weight excluding hydrogens is 238 g/mol. The molecule has 2 rings (SSSR count). The molecule has 19 heavy (non-hydrogen) atoms. The quantitative estimate of drug-likeness (QED) is 0.739. The van der Waals surface area contributed by atoms with Crippen molar-refractivity contribution in [2.75, 3.05) is 26.2 Å². The molecule has 3 N–H and O–H groups in total. The van der Waals surface area contributed by atoms with Gasteiger partial charge in [-0.05, 0) is 57.7 Å². The van der Waals surface area contributed by atoms with Gasteiger partial charge in [0.2, 0.25) is 5.91 Å². The van der Waals surface area contributed by atoms with E-state index < -0.39 is 0 Å². The second kappa shape index (κ2) is 7.25. The van der Waals surface area contributed by atoms with Crippen molar-refractivity contribution in [1.29, 1.82) is 0 Å². The smallest absolute Gasteiger partial charge is 0.224 e. The number of hydrogen-bond donors (Lipinski definition) is 2. The van der Waals surface area contributed by atoms with E-state index in [1.54, 1.807) is 0 Å². The third-order valence-electron chi connectivity index (χ3n) is 4.73. The molecule has 1 amide bonds. The molecule has 1 aliphatic heterocycles. The summed E-state index contributed by atoms with van der Waals surface area (Å²) in [6, 6.07) is 0.0867. The van der Waals surface area contributed by atoms with Crippen molar-refractivity contribution in [3.63, 3.8) is 0 Å². The van der Waals surface area contributed by atoms with Crippen molar-refractivity contribution in [1.82, 2.24) is 10.2 Å². The number of carbonyl (C=O) groups excluding carboxylic acids is 1. The maximum atomic E-state index is 11.9. The van der Waals surface area contributed by atoms with Crippen LogP contribution >= 0.6 is 0 Å². The van der Waals surface area contributed by atoms with Gasteiger partial charge in [-0.3, -0.25) is 4.79 Å². The summed E-state index contributed by atoms with van der Waals surface area (Å²) >= 11 is 0. The Morgan fingerprint density at radius 1 is 1.26 bits per heavy atom. The van der Waals surface area contributed by atoms with E-state index in [2.05, 4.69) is 17.1 Å². The number of rotatable bonds is 5. The van der Waals surface area contributed by atoms with E-state index in [4.69, 9.17) is 5.73 Å². The maximum absolute atomic E-state index is 11.9. The summed E-state index contributed by atoms with van der Waals surface area (Å²) in [4.78, 5) is 14.5. The van der Waals surface area contributed by atoms with Crippen LogP contribution in [0.5, 0.6) is 0 Å². The molecule has 1 saturated carbocycles. The van der Waals surface area contributed by atoms with Crippen molar-refractivity contribution in [3.8, 4) is 0 Å². The van der Waals surface area contributed by atoms with Gasteiger partial charge in [0, 0.05) is 12.6 Å². The highest BCUT2D eigenvalue weighted by Crippen LogP contribution is 2.23. The molecule has 1 aliphatic carbocycles. The fraction of sp³-hybridized carbons (Fsp3) is 0.933. The highest BCUT2D eigenvalue weighted by molar-refractivity contribution is 5.79. The van der Waals surface area contributed by atoms with Crippen LogP contribution in [0.4, 0.5) is 0 Å². The Labute approximate surface area is 117 Å². The monoisotopic (exact) mass is 267 g/mol. The molecule has 1 heterocycles. The second-order valence-corrected chi connectivity index (χ2v) is 6.37. The number of nitrogens with zero attached hydrogens (tertiary/aromatic N) is 1. The Balaban J connectivity index is 1.55. The van der Waals surface area contributed by atoms with E-state index in [1.807, 2.05) is 0 Å². The number of amides is 1. The maximum Gasteiger partial charge on any atom is 0.224 e. The fourth-order valence-electron chi connectivity index (χ4n) is 3.25. The first-order valence-corrected chi connectivity index (χ1v) is 7.92. The summed E-state index contributed by atoms with van der Waals surface area (Å²) in [5, 5.41) is 3.06. The van der Waals surface area contributed by atoms with Crippen molar-refractivity contribution >= 4 is 5.91 Å². The van der Waals surface area contributed by atoms with E-state index >= 15 is 0 Å². The van der Waals surface area contributed by atoms with Crippen molar-refractivity contribution in [2.24, 2.45) is 17.6 Å². The van der Waals surface area contributed by atoms with Crippen LogP contribution in [0.25, 0.3) is 0 Å². The van der Waals surface area contributed by atoms with Crippen LogP contribution in [-0.4, -0.2) is 43.0 Å². The highest BCUT2D eigenvalue weighted by Gasteiger charge is 2.29. The highest BCUT2D eigenvalue weighted by atomic mass is 16.1. The predicted molar refractivity (Wildman–Crippen MR) is 77.8 cm³/mol. The zero-order valence-electron chi connectivity index (χ0n) is 12.2. The Morgan fingerprint density at radius 2 is 2.00 bits per heavy atom. The predicted octanol–water partition coefficient (Wildman–Crippen LogP) is 1.35. The molecule has 2 unspecified atom stereocenters. The molecule has 0 aromatic carbocycles. The molecule has 0 spiro atoms. The van der Waals surface area contributed by atoms with E-state index in [0.29, 0.717) is 0 Å². The lowest BCUT2D eigenvalue weighted by Gasteiger charge is -2.30. The van der Waals surface area contributed by atoms with Crippen LogP contribution in [0.3, 0.4) is 0 Å². The molecule has 110 valence electrons. The zero-order chi connectivity index (χ0) is 13.7. The summed E-state index contributed by atoms with van der Waals surface area (Å²) in [6.07, 6.45) is 6.78. The molecule has 0 aromatic heterocycles. The van der Waals surface area contributed by atoms with Gasteiger partial charge in [-0.15, -0.1) is 0 Å². The molecule has 0 radical (unpaired) electrons. The van der Waals surface area contributed by atoms with Gasteiger partial charge in [0.05, 0.1) is 5.92 Å². The van der Waals surface area contributed by atoms with Crippen molar-refractivity contribution in [3.05, 3.63) is 0 Å². The lowest BCUT2D eigenvalue weighted by molar-refractivity contribution is -0.125. The van der Waals surface area contributed by atoms with E-state index in [1.165, 1.54) is 25.9 Å². The SMILES string of the molecule is CC1CCN(CCCNC(=O)C2CCCC2N)CC1. The second-order valence-electron chi connectivity index (χ2n) is 6.37. The lowest BCUT2D eigenvalue weighted by atomic mass is 9.99. The minimum absolute atomic E-state index is 0.0656. The van der Waals surface area contributed by atoms with Gasteiger partial charge in [0.15, 0.2) is 0 Å². The van der Waals surface area contributed by atoms with Crippen LogP contribution < -0.4 is 11.1 Å².